The Hall–Kier alpha value is -2.49. The number of aromatic amines is 1. The van der Waals surface area contributed by atoms with Gasteiger partial charge < -0.3 is 14.1 Å². The first-order chi connectivity index (χ1) is 8.81. The van der Waals surface area contributed by atoms with Crippen LogP contribution in [0.5, 0.6) is 5.75 Å². The van der Waals surface area contributed by atoms with Crippen LogP contribution in [0.25, 0.3) is 22.0 Å². The van der Waals surface area contributed by atoms with Gasteiger partial charge in [-0.25, -0.2) is 0 Å². The van der Waals surface area contributed by atoms with Crippen molar-refractivity contribution in [1.82, 2.24) is 4.98 Å². The molecule has 4 heteroatoms. The van der Waals surface area contributed by atoms with Gasteiger partial charge in [-0.2, -0.15) is 0 Å². The predicted octanol–water partition coefficient (Wildman–Crippen LogP) is 2.80. The van der Waals surface area contributed by atoms with Crippen LogP contribution < -0.4 is 10.3 Å². The summed E-state index contributed by atoms with van der Waals surface area (Å²) in [4.78, 5) is 14.9. The van der Waals surface area contributed by atoms with Gasteiger partial charge in [0.1, 0.15) is 0 Å². The number of aromatic nitrogens is 1. The van der Waals surface area contributed by atoms with Crippen LogP contribution in [0.1, 0.15) is 0 Å². The van der Waals surface area contributed by atoms with Crippen molar-refractivity contribution >= 4 is 10.8 Å². The zero-order valence-electron chi connectivity index (χ0n) is 9.77. The fourth-order valence-electron chi connectivity index (χ4n) is 2.07. The van der Waals surface area contributed by atoms with Gasteiger partial charge in [-0.05, 0) is 12.1 Å². The summed E-state index contributed by atoms with van der Waals surface area (Å²) in [5, 5.41) is 1.40. The predicted molar refractivity (Wildman–Crippen MR) is 68.8 cm³/mol. The lowest BCUT2D eigenvalue weighted by Gasteiger charge is -2.09. The summed E-state index contributed by atoms with van der Waals surface area (Å²) in [5.74, 6) is 0.645. The topological polar surface area (TPSA) is 55.2 Å². The molecule has 2 aromatic heterocycles. The van der Waals surface area contributed by atoms with E-state index in [0.717, 1.165) is 10.9 Å². The summed E-state index contributed by atoms with van der Waals surface area (Å²) in [5.41, 5.74) is 1.28. The number of benzene rings is 1. The molecule has 4 nitrogen and oxygen atoms in total. The van der Waals surface area contributed by atoms with E-state index >= 15 is 0 Å². The zero-order valence-corrected chi connectivity index (χ0v) is 9.77. The second kappa shape index (κ2) is 4.07. The molecule has 0 aliphatic rings. The Bertz CT molecular complexity index is 741. The van der Waals surface area contributed by atoms with E-state index in [1.807, 2.05) is 18.2 Å². The first-order valence-electron chi connectivity index (χ1n) is 5.53. The molecule has 0 amide bonds. The molecule has 0 bridgehead atoms. The quantitative estimate of drug-likeness (QED) is 0.750. The Labute approximate surface area is 103 Å². The number of fused-ring (bicyclic) bond motifs is 1. The van der Waals surface area contributed by atoms with E-state index in [-0.39, 0.29) is 5.56 Å². The first-order valence-corrected chi connectivity index (χ1v) is 5.53. The molecule has 0 spiro atoms. The summed E-state index contributed by atoms with van der Waals surface area (Å²) < 4.78 is 10.5. The third-order valence-electron chi connectivity index (χ3n) is 2.90. The number of H-pyrrole nitrogens is 1. The average Bonchev–Trinajstić information content (AvgIpc) is 2.92. The summed E-state index contributed by atoms with van der Waals surface area (Å²) in [7, 11) is 1.59. The maximum atomic E-state index is 12.0. The Morgan fingerprint density at radius 1 is 1.17 bits per heavy atom. The van der Waals surface area contributed by atoms with Crippen LogP contribution in [0.3, 0.4) is 0 Å². The van der Waals surface area contributed by atoms with Gasteiger partial charge in [0.15, 0.2) is 5.75 Å². The molecule has 1 N–H and O–H groups in total. The number of hydrogen-bond acceptors (Lipinski definition) is 3. The van der Waals surface area contributed by atoms with Crippen LogP contribution in [-0.4, -0.2) is 12.1 Å². The number of hydrogen-bond donors (Lipinski definition) is 1. The van der Waals surface area contributed by atoms with Gasteiger partial charge in [0, 0.05) is 10.9 Å². The minimum atomic E-state index is -0.136. The van der Waals surface area contributed by atoms with Crippen LogP contribution in [0.15, 0.2) is 52.1 Å². The van der Waals surface area contributed by atoms with Gasteiger partial charge in [-0.1, -0.05) is 18.2 Å². The largest absolute Gasteiger partial charge is 0.494 e. The highest BCUT2D eigenvalue weighted by Gasteiger charge is 2.13. The second-order valence-electron chi connectivity index (χ2n) is 3.92. The van der Waals surface area contributed by atoms with Crippen LogP contribution in [0.4, 0.5) is 0 Å². The molecule has 2 heterocycles. The van der Waals surface area contributed by atoms with Crippen molar-refractivity contribution in [2.45, 2.75) is 0 Å². The van der Waals surface area contributed by atoms with Crippen molar-refractivity contribution < 1.29 is 9.15 Å². The van der Waals surface area contributed by atoms with Crippen LogP contribution in [0.2, 0.25) is 0 Å². The lowest BCUT2D eigenvalue weighted by Crippen LogP contribution is -2.09. The highest BCUT2D eigenvalue weighted by Crippen LogP contribution is 2.32. The van der Waals surface area contributed by atoms with Crippen LogP contribution >= 0.6 is 0 Å². The zero-order chi connectivity index (χ0) is 12.5. The van der Waals surface area contributed by atoms with Crippen molar-refractivity contribution in [3.8, 4) is 17.0 Å². The standard InChI is InChI=1S/C14H11NO3/c1-17-13-10-4-2-3-5-11(10)14(16)15-12(13)9-6-7-18-8-9/h2-8H,1H3,(H,15,16). The molecule has 0 aliphatic heterocycles. The highest BCUT2D eigenvalue weighted by atomic mass is 16.5. The number of methoxy groups -OCH3 is 1. The SMILES string of the molecule is COc1c(-c2ccoc2)[nH]c(=O)c2ccccc12. The van der Waals surface area contributed by atoms with E-state index in [1.165, 1.54) is 0 Å². The van der Waals surface area contributed by atoms with Gasteiger partial charge >= 0.3 is 0 Å². The van der Waals surface area contributed by atoms with Crippen LogP contribution in [0, 0.1) is 0 Å². The van der Waals surface area contributed by atoms with Gasteiger partial charge in [-0.3, -0.25) is 4.79 Å². The van der Waals surface area contributed by atoms with Gasteiger partial charge in [0.05, 0.1) is 30.7 Å². The minimum Gasteiger partial charge on any atom is -0.494 e. The van der Waals surface area contributed by atoms with E-state index in [0.29, 0.717) is 16.8 Å². The molecule has 0 radical (unpaired) electrons. The number of ether oxygens (including phenoxy) is 1. The third-order valence-corrected chi connectivity index (χ3v) is 2.90. The highest BCUT2D eigenvalue weighted by molar-refractivity contribution is 5.92. The lowest BCUT2D eigenvalue weighted by atomic mass is 10.1. The molecule has 0 aliphatic carbocycles. The van der Waals surface area contributed by atoms with Crippen molar-refractivity contribution in [2.24, 2.45) is 0 Å². The Morgan fingerprint density at radius 2 is 1.94 bits per heavy atom. The molecule has 0 fully saturated rings. The molecule has 1 aromatic carbocycles. The molecule has 0 saturated carbocycles. The maximum Gasteiger partial charge on any atom is 0.256 e. The number of furan rings is 1. The van der Waals surface area contributed by atoms with E-state index in [4.69, 9.17) is 9.15 Å². The normalized spacial score (nSPS) is 10.7. The van der Waals surface area contributed by atoms with E-state index < -0.39 is 0 Å². The first kappa shape index (κ1) is 10.7. The molecule has 18 heavy (non-hydrogen) atoms. The summed E-state index contributed by atoms with van der Waals surface area (Å²) >= 11 is 0. The minimum absolute atomic E-state index is 0.136. The van der Waals surface area contributed by atoms with E-state index in [2.05, 4.69) is 4.98 Å². The molecule has 0 saturated heterocycles. The van der Waals surface area contributed by atoms with Crippen molar-refractivity contribution in [2.75, 3.05) is 7.11 Å². The molecule has 3 rings (SSSR count). The van der Waals surface area contributed by atoms with E-state index in [1.54, 1.807) is 31.8 Å². The number of pyridine rings is 1. The Balaban J connectivity index is 2.43. The van der Waals surface area contributed by atoms with Crippen molar-refractivity contribution in [3.05, 3.63) is 53.2 Å². The number of rotatable bonds is 2. The molecular formula is C14H11NO3. The summed E-state index contributed by atoms with van der Waals surface area (Å²) in [6.07, 6.45) is 3.13. The Kier molecular flexibility index (Phi) is 2.41. The van der Waals surface area contributed by atoms with Crippen molar-refractivity contribution in [3.63, 3.8) is 0 Å². The summed E-state index contributed by atoms with van der Waals surface area (Å²) in [6, 6.07) is 9.13. The molecule has 0 atom stereocenters. The molecular weight excluding hydrogens is 230 g/mol. The maximum absolute atomic E-state index is 12.0. The average molecular weight is 241 g/mol. The van der Waals surface area contributed by atoms with E-state index in [9.17, 15) is 4.79 Å². The second-order valence-corrected chi connectivity index (χ2v) is 3.92. The van der Waals surface area contributed by atoms with Crippen molar-refractivity contribution in [1.29, 1.82) is 0 Å². The molecule has 0 unspecified atom stereocenters. The molecule has 90 valence electrons. The molecule has 3 aromatic rings. The number of nitrogens with one attached hydrogen (secondary N) is 1. The smallest absolute Gasteiger partial charge is 0.256 e. The third kappa shape index (κ3) is 1.50. The van der Waals surface area contributed by atoms with Gasteiger partial charge in [-0.15, -0.1) is 0 Å². The fourth-order valence-corrected chi connectivity index (χ4v) is 2.07. The van der Waals surface area contributed by atoms with Gasteiger partial charge in [0.2, 0.25) is 0 Å². The summed E-state index contributed by atoms with van der Waals surface area (Å²) in [6.45, 7) is 0. The lowest BCUT2D eigenvalue weighted by molar-refractivity contribution is 0.419. The Morgan fingerprint density at radius 3 is 2.61 bits per heavy atom. The van der Waals surface area contributed by atoms with Gasteiger partial charge in [0.25, 0.3) is 5.56 Å². The van der Waals surface area contributed by atoms with Crippen LogP contribution in [-0.2, 0) is 0 Å². The fraction of sp³-hybridized carbons (Fsp3) is 0.0714. The monoisotopic (exact) mass is 241 g/mol.